The van der Waals surface area contributed by atoms with Crippen LogP contribution in [0.5, 0.6) is 5.75 Å². The Bertz CT molecular complexity index is 1320. The van der Waals surface area contributed by atoms with Gasteiger partial charge < -0.3 is 38.2 Å². The summed E-state index contributed by atoms with van der Waals surface area (Å²) < 4.78 is 11.4. The SMILES string of the molecule is [Cl-].[NH3+]CC1CCC(C(=O)N[C@@H](Cc2ccc(OC(=O)OCc3ccccc3Br)cc2)C(=O)NCCc2ccccn2)CC1. The first-order chi connectivity index (χ1) is 20.4. The summed E-state index contributed by atoms with van der Waals surface area (Å²) in [6.07, 6.45) is 5.37. The molecule has 0 radical (unpaired) electrons. The minimum atomic E-state index is -0.815. The number of amides is 2. The maximum Gasteiger partial charge on any atom is 0.514 e. The summed E-state index contributed by atoms with van der Waals surface area (Å²) in [7, 11) is 0. The van der Waals surface area contributed by atoms with Gasteiger partial charge in [-0.25, -0.2) is 4.79 Å². The largest absolute Gasteiger partial charge is 1.00 e. The third-order valence-corrected chi connectivity index (χ3v) is 8.31. The summed E-state index contributed by atoms with van der Waals surface area (Å²) in [4.78, 5) is 42.9. The third kappa shape index (κ3) is 10.9. The molecule has 0 bridgehead atoms. The van der Waals surface area contributed by atoms with Crippen molar-refractivity contribution in [2.45, 2.75) is 51.2 Å². The van der Waals surface area contributed by atoms with Crippen molar-refractivity contribution in [3.63, 3.8) is 0 Å². The van der Waals surface area contributed by atoms with E-state index in [1.165, 1.54) is 0 Å². The Labute approximate surface area is 266 Å². The van der Waals surface area contributed by atoms with Crippen molar-refractivity contribution in [3.8, 4) is 5.75 Å². The van der Waals surface area contributed by atoms with Gasteiger partial charge >= 0.3 is 6.16 Å². The van der Waals surface area contributed by atoms with Crippen molar-refractivity contribution in [2.24, 2.45) is 11.8 Å². The smallest absolute Gasteiger partial charge is 0.514 e. The Morgan fingerprint density at radius 2 is 1.70 bits per heavy atom. The highest BCUT2D eigenvalue weighted by Gasteiger charge is 2.29. The van der Waals surface area contributed by atoms with Crippen LogP contribution in [0.15, 0.2) is 77.4 Å². The van der Waals surface area contributed by atoms with Crippen molar-refractivity contribution in [1.82, 2.24) is 15.6 Å². The van der Waals surface area contributed by atoms with Crippen molar-refractivity contribution >= 4 is 33.9 Å². The number of carbonyl (C=O) groups excluding carboxylic acids is 3. The second-order valence-corrected chi connectivity index (χ2v) is 11.4. The normalized spacial score (nSPS) is 16.7. The van der Waals surface area contributed by atoms with Crippen LogP contribution in [0.2, 0.25) is 0 Å². The number of quaternary nitrogens is 1. The van der Waals surface area contributed by atoms with E-state index in [-0.39, 0.29) is 36.7 Å². The topological polar surface area (TPSA) is 134 Å². The fraction of sp³-hybridized carbons (Fsp3) is 0.375. The fourth-order valence-electron chi connectivity index (χ4n) is 5.00. The number of hydrogen-bond acceptors (Lipinski definition) is 6. The van der Waals surface area contributed by atoms with Crippen LogP contribution in [-0.4, -0.2) is 42.1 Å². The highest BCUT2D eigenvalue weighted by Crippen LogP contribution is 2.28. The number of aromatic nitrogens is 1. The van der Waals surface area contributed by atoms with Crippen LogP contribution >= 0.6 is 15.9 Å². The minimum absolute atomic E-state index is 0. The van der Waals surface area contributed by atoms with Crippen molar-refractivity contribution < 1.29 is 42.0 Å². The quantitative estimate of drug-likeness (QED) is 0.194. The number of halogens is 2. The number of carbonyl (C=O) groups is 3. The molecule has 9 nitrogen and oxygen atoms in total. The lowest BCUT2D eigenvalue weighted by Crippen LogP contribution is -3.00. The molecule has 1 aliphatic carbocycles. The molecule has 1 fully saturated rings. The van der Waals surface area contributed by atoms with Crippen molar-refractivity contribution in [2.75, 3.05) is 13.1 Å². The molecule has 0 saturated heterocycles. The van der Waals surface area contributed by atoms with Gasteiger partial charge in [-0.1, -0.05) is 52.3 Å². The lowest BCUT2D eigenvalue weighted by Gasteiger charge is -2.27. The molecule has 1 saturated carbocycles. The first-order valence-corrected chi connectivity index (χ1v) is 15.1. The molecule has 1 aliphatic rings. The molecule has 4 rings (SSSR count). The molecule has 1 heterocycles. The monoisotopic (exact) mass is 672 g/mol. The van der Waals surface area contributed by atoms with Crippen LogP contribution in [0.3, 0.4) is 0 Å². The number of ether oxygens (including phenoxy) is 2. The highest BCUT2D eigenvalue weighted by atomic mass is 79.9. The van der Waals surface area contributed by atoms with Gasteiger partial charge in [-0.2, -0.15) is 0 Å². The standard InChI is InChI=1S/C32H37BrN4O5.ClH/c33-28-7-2-1-5-25(28)21-41-32(40)42-27-14-10-22(11-15-27)19-29(31(39)36-18-16-26-6-3-4-17-35-26)37-30(38)24-12-8-23(20-34)9-13-24;/h1-7,10-11,14-15,17,23-24,29H,8-9,12-13,16,18-21,34H2,(H,36,39)(H,37,38);1H/t23?,24?,29-;/m0./s1. The number of nitrogens with zero attached hydrogens (tertiary/aromatic N) is 1. The summed E-state index contributed by atoms with van der Waals surface area (Å²) in [5.41, 5.74) is 6.52. The second kappa shape index (κ2) is 17.6. The van der Waals surface area contributed by atoms with Gasteiger partial charge in [0.05, 0.1) is 6.54 Å². The minimum Gasteiger partial charge on any atom is -1.00 e. The molecule has 11 heteroatoms. The Morgan fingerprint density at radius 1 is 0.977 bits per heavy atom. The third-order valence-electron chi connectivity index (χ3n) is 7.53. The summed E-state index contributed by atoms with van der Waals surface area (Å²) in [6.45, 7) is 1.37. The lowest BCUT2D eigenvalue weighted by atomic mass is 9.81. The van der Waals surface area contributed by atoms with Crippen LogP contribution < -0.4 is 33.5 Å². The van der Waals surface area contributed by atoms with Gasteiger partial charge in [-0.3, -0.25) is 14.6 Å². The summed E-state index contributed by atoms with van der Waals surface area (Å²) in [5.74, 6) is 0.447. The molecular weight excluding hydrogens is 636 g/mol. The molecule has 0 spiro atoms. The summed E-state index contributed by atoms with van der Waals surface area (Å²) in [5, 5.41) is 5.96. The van der Waals surface area contributed by atoms with E-state index in [1.54, 1.807) is 30.5 Å². The van der Waals surface area contributed by atoms with Crippen LogP contribution in [-0.2, 0) is 33.8 Å². The molecule has 1 atom stereocenters. The zero-order valence-electron chi connectivity index (χ0n) is 24.0. The van der Waals surface area contributed by atoms with E-state index < -0.39 is 12.2 Å². The first kappa shape index (κ1) is 34.0. The van der Waals surface area contributed by atoms with Gasteiger partial charge in [0.25, 0.3) is 0 Å². The number of rotatable bonds is 12. The highest BCUT2D eigenvalue weighted by molar-refractivity contribution is 9.10. The zero-order valence-corrected chi connectivity index (χ0v) is 26.3. The Hall–Kier alpha value is -3.47. The maximum atomic E-state index is 13.2. The molecule has 230 valence electrons. The zero-order chi connectivity index (χ0) is 29.7. The molecule has 0 aliphatic heterocycles. The predicted molar refractivity (Wildman–Crippen MR) is 161 cm³/mol. The van der Waals surface area contributed by atoms with Crippen LogP contribution in [0.1, 0.15) is 42.5 Å². The Balaban J connectivity index is 0.00000506. The van der Waals surface area contributed by atoms with Crippen LogP contribution in [0, 0.1) is 11.8 Å². The number of pyridine rings is 1. The number of nitrogens with one attached hydrogen (secondary N) is 2. The fourth-order valence-corrected chi connectivity index (χ4v) is 5.40. The van der Waals surface area contributed by atoms with E-state index >= 15 is 0 Å². The second-order valence-electron chi connectivity index (χ2n) is 10.5. The summed E-state index contributed by atoms with van der Waals surface area (Å²) in [6, 6.07) is 19.2. The molecule has 2 amide bonds. The lowest BCUT2D eigenvalue weighted by molar-refractivity contribution is -0.380. The molecule has 1 aromatic heterocycles. The molecular formula is C32H38BrClN4O5. The van der Waals surface area contributed by atoms with Gasteiger partial charge in [0, 0.05) is 53.1 Å². The van der Waals surface area contributed by atoms with Crippen molar-refractivity contribution in [1.29, 1.82) is 0 Å². The molecule has 5 N–H and O–H groups in total. The van der Waals surface area contributed by atoms with Crippen LogP contribution in [0.4, 0.5) is 4.79 Å². The summed E-state index contributed by atoms with van der Waals surface area (Å²) >= 11 is 3.43. The van der Waals surface area contributed by atoms with Gasteiger partial charge in [-0.05, 0) is 61.6 Å². The number of hydrogen-bond donors (Lipinski definition) is 3. The van der Waals surface area contributed by atoms with Gasteiger partial charge in [0.15, 0.2) is 0 Å². The Kier molecular flexibility index (Phi) is 13.9. The van der Waals surface area contributed by atoms with Gasteiger partial charge in [-0.15, -0.1) is 0 Å². The molecule has 2 aromatic carbocycles. The van der Waals surface area contributed by atoms with Crippen LogP contribution in [0.25, 0.3) is 0 Å². The average molecular weight is 674 g/mol. The van der Waals surface area contributed by atoms with E-state index in [4.69, 9.17) is 9.47 Å². The average Bonchev–Trinajstić information content (AvgIpc) is 3.01. The number of benzene rings is 2. The molecule has 3 aromatic rings. The van der Waals surface area contributed by atoms with E-state index in [1.807, 2.05) is 42.5 Å². The van der Waals surface area contributed by atoms with E-state index in [9.17, 15) is 14.4 Å². The molecule has 43 heavy (non-hydrogen) atoms. The van der Waals surface area contributed by atoms with Gasteiger partial charge in [0.1, 0.15) is 18.4 Å². The van der Waals surface area contributed by atoms with E-state index in [0.29, 0.717) is 31.1 Å². The Morgan fingerprint density at radius 3 is 2.37 bits per heavy atom. The first-order valence-electron chi connectivity index (χ1n) is 14.4. The molecule has 0 unspecified atom stereocenters. The predicted octanol–water partition coefficient (Wildman–Crippen LogP) is 0.998. The van der Waals surface area contributed by atoms with Crippen molar-refractivity contribution in [3.05, 3.63) is 94.2 Å². The maximum absolute atomic E-state index is 13.2. The van der Waals surface area contributed by atoms with E-state index in [0.717, 1.165) is 53.5 Å². The van der Waals surface area contributed by atoms with Gasteiger partial charge in [0.2, 0.25) is 11.8 Å². The van der Waals surface area contributed by atoms with E-state index in [2.05, 4.69) is 37.3 Å².